The fraction of sp³-hybridized carbons (Fsp3) is 0.370. The number of alkyl halides is 2. The largest absolute Gasteiger partial charge is 0.467 e. The molecule has 3 aromatic rings. The molecule has 206 valence electrons. The van der Waals surface area contributed by atoms with E-state index in [1.807, 2.05) is 0 Å². The highest BCUT2D eigenvalue weighted by molar-refractivity contribution is 5.87. The predicted octanol–water partition coefficient (Wildman–Crippen LogP) is 3.05. The van der Waals surface area contributed by atoms with Gasteiger partial charge in [0.05, 0.1) is 18.1 Å². The van der Waals surface area contributed by atoms with E-state index in [4.69, 9.17) is 0 Å². The number of aromatic amines is 1. The maximum atomic E-state index is 14.5. The average Bonchev–Trinajstić information content (AvgIpc) is 3.43. The Kier molecular flexibility index (Phi) is 8.52. The number of fused-ring (bicyclic) bond motifs is 1. The maximum Gasteiger partial charge on any atom is 0.407 e. The number of hydrogen-bond acceptors (Lipinski definition) is 7. The summed E-state index contributed by atoms with van der Waals surface area (Å²) in [6.45, 7) is -1.33. The number of nitrogens with one attached hydrogen (secondary N) is 2. The normalized spacial score (nSPS) is 15.3. The standard InChI is InChI=1S/C27H28F2N4O6/c1-38-25(36)21-10-5-13-33(21)22(34)15-30-26(37)39-16-27(28,29)12-11-17-6-4-7-18(14-17)23-24(35)32-20-9-3-2-8-19(20)31-23/h2-4,6-9,14,21H,5,10-13,15-16H2,1H3,(H,30,37)(H,32,35). The van der Waals surface area contributed by atoms with E-state index in [0.29, 0.717) is 41.5 Å². The number of ether oxygens (including phenoxy) is 2. The van der Waals surface area contributed by atoms with Crippen molar-refractivity contribution in [3.05, 3.63) is 64.4 Å². The van der Waals surface area contributed by atoms with E-state index in [2.05, 4.69) is 24.8 Å². The number of halogens is 2. The van der Waals surface area contributed by atoms with Crippen molar-refractivity contribution in [2.24, 2.45) is 0 Å². The van der Waals surface area contributed by atoms with E-state index >= 15 is 0 Å². The zero-order valence-corrected chi connectivity index (χ0v) is 21.2. The number of carbonyl (C=O) groups excluding carboxylic acids is 3. The Morgan fingerprint density at radius 3 is 2.77 bits per heavy atom. The van der Waals surface area contributed by atoms with Crippen LogP contribution in [-0.2, 0) is 25.5 Å². The monoisotopic (exact) mass is 542 g/mol. The van der Waals surface area contributed by atoms with E-state index in [-0.39, 0.29) is 17.7 Å². The molecule has 1 atom stereocenters. The summed E-state index contributed by atoms with van der Waals surface area (Å²) in [7, 11) is 1.22. The number of alkyl carbamates (subject to hydrolysis) is 1. The van der Waals surface area contributed by atoms with Crippen molar-refractivity contribution in [3.8, 4) is 11.3 Å². The first-order valence-corrected chi connectivity index (χ1v) is 12.4. The van der Waals surface area contributed by atoms with Gasteiger partial charge in [0, 0.05) is 18.5 Å². The molecule has 1 unspecified atom stereocenters. The smallest absolute Gasteiger partial charge is 0.407 e. The van der Waals surface area contributed by atoms with Crippen molar-refractivity contribution in [2.45, 2.75) is 37.6 Å². The lowest BCUT2D eigenvalue weighted by atomic mass is 10.0. The number of H-pyrrole nitrogens is 1. The fourth-order valence-corrected chi connectivity index (χ4v) is 4.42. The van der Waals surface area contributed by atoms with Gasteiger partial charge in [-0.15, -0.1) is 0 Å². The Morgan fingerprint density at radius 2 is 1.97 bits per heavy atom. The number of hydrogen-bond donors (Lipinski definition) is 2. The highest BCUT2D eigenvalue weighted by Gasteiger charge is 2.35. The minimum absolute atomic E-state index is 0.0420. The van der Waals surface area contributed by atoms with Gasteiger partial charge in [-0.1, -0.05) is 30.3 Å². The molecule has 2 amide bonds. The van der Waals surface area contributed by atoms with Gasteiger partial charge >= 0.3 is 12.1 Å². The Bertz CT molecular complexity index is 1430. The summed E-state index contributed by atoms with van der Waals surface area (Å²) in [5.41, 5.74) is 2.04. The zero-order chi connectivity index (χ0) is 28.0. The molecule has 2 heterocycles. The Hall–Kier alpha value is -4.35. The summed E-state index contributed by atoms with van der Waals surface area (Å²) in [6, 6.07) is 13.0. The third kappa shape index (κ3) is 6.95. The molecular formula is C27H28F2N4O6. The second-order valence-corrected chi connectivity index (χ2v) is 9.19. The third-order valence-electron chi connectivity index (χ3n) is 6.42. The number of likely N-dealkylation sites (tertiary alicyclic amines) is 1. The van der Waals surface area contributed by atoms with E-state index in [9.17, 15) is 28.0 Å². The van der Waals surface area contributed by atoms with Gasteiger partial charge in [0.25, 0.3) is 11.5 Å². The molecule has 2 aromatic carbocycles. The minimum atomic E-state index is -3.33. The molecule has 1 aromatic heterocycles. The predicted molar refractivity (Wildman–Crippen MR) is 137 cm³/mol. The quantitative estimate of drug-likeness (QED) is 0.398. The molecule has 0 spiro atoms. The summed E-state index contributed by atoms with van der Waals surface area (Å²) in [6.07, 6.45) is -0.757. The van der Waals surface area contributed by atoms with Crippen LogP contribution in [0.15, 0.2) is 53.3 Å². The molecule has 1 fully saturated rings. The molecule has 39 heavy (non-hydrogen) atoms. The van der Waals surface area contributed by atoms with Crippen LogP contribution in [0.25, 0.3) is 22.3 Å². The van der Waals surface area contributed by atoms with Crippen LogP contribution in [0.1, 0.15) is 24.8 Å². The average molecular weight is 543 g/mol. The molecule has 2 N–H and O–H groups in total. The molecule has 0 radical (unpaired) electrons. The molecule has 10 nitrogen and oxygen atoms in total. The third-order valence-corrected chi connectivity index (χ3v) is 6.42. The first-order valence-electron chi connectivity index (χ1n) is 12.4. The number of carbonyl (C=O) groups is 3. The van der Waals surface area contributed by atoms with Gasteiger partial charge in [-0.05, 0) is 43.0 Å². The molecule has 0 aliphatic carbocycles. The molecule has 0 saturated carbocycles. The molecular weight excluding hydrogens is 514 g/mol. The Balaban J connectivity index is 1.28. The highest BCUT2D eigenvalue weighted by atomic mass is 19.3. The van der Waals surface area contributed by atoms with Crippen LogP contribution in [0.3, 0.4) is 0 Å². The first-order chi connectivity index (χ1) is 18.7. The number of para-hydroxylation sites is 2. The number of aryl methyl sites for hydroxylation is 1. The highest BCUT2D eigenvalue weighted by Crippen LogP contribution is 2.24. The van der Waals surface area contributed by atoms with Crippen molar-refractivity contribution >= 4 is 29.0 Å². The van der Waals surface area contributed by atoms with E-state index in [1.54, 1.807) is 48.5 Å². The van der Waals surface area contributed by atoms with E-state index < -0.39 is 49.5 Å². The summed E-state index contributed by atoms with van der Waals surface area (Å²) in [5, 5.41) is 2.15. The number of nitrogens with zero attached hydrogens (tertiary/aromatic N) is 2. The second-order valence-electron chi connectivity index (χ2n) is 9.19. The van der Waals surface area contributed by atoms with Crippen LogP contribution in [0, 0.1) is 0 Å². The molecule has 1 aliphatic heterocycles. The topological polar surface area (TPSA) is 131 Å². The molecule has 12 heteroatoms. The number of amides is 2. The molecule has 4 rings (SSSR count). The summed E-state index contributed by atoms with van der Waals surface area (Å²) in [5.74, 6) is -4.42. The first kappa shape index (κ1) is 27.7. The number of esters is 1. The maximum absolute atomic E-state index is 14.5. The van der Waals surface area contributed by atoms with Crippen molar-refractivity contribution < 1.29 is 32.6 Å². The minimum Gasteiger partial charge on any atom is -0.467 e. The van der Waals surface area contributed by atoms with Gasteiger partial charge in [-0.3, -0.25) is 9.59 Å². The zero-order valence-electron chi connectivity index (χ0n) is 21.2. The van der Waals surface area contributed by atoms with Crippen molar-refractivity contribution in [1.82, 2.24) is 20.2 Å². The van der Waals surface area contributed by atoms with Gasteiger partial charge in [0.15, 0.2) is 6.61 Å². The molecule has 1 aliphatic rings. The lowest BCUT2D eigenvalue weighted by Crippen LogP contribution is -2.46. The molecule has 0 bridgehead atoms. The van der Waals surface area contributed by atoms with E-state index in [0.717, 1.165) is 0 Å². The number of rotatable bonds is 9. The van der Waals surface area contributed by atoms with Gasteiger partial charge in [0.2, 0.25) is 5.91 Å². The van der Waals surface area contributed by atoms with Crippen LogP contribution >= 0.6 is 0 Å². The van der Waals surface area contributed by atoms with Gasteiger partial charge in [-0.25, -0.2) is 23.4 Å². The number of benzene rings is 2. The van der Waals surface area contributed by atoms with Crippen LogP contribution in [0.2, 0.25) is 0 Å². The SMILES string of the molecule is COC(=O)C1CCCN1C(=O)CNC(=O)OCC(F)(F)CCc1cccc(-c2nc3ccccc3[nH]c2=O)c1. The summed E-state index contributed by atoms with van der Waals surface area (Å²) < 4.78 is 38.2. The van der Waals surface area contributed by atoms with Crippen LogP contribution < -0.4 is 10.9 Å². The fourth-order valence-electron chi connectivity index (χ4n) is 4.42. The second kappa shape index (κ2) is 12.0. The summed E-state index contributed by atoms with van der Waals surface area (Å²) in [4.78, 5) is 57.0. The number of methoxy groups -OCH3 is 1. The number of aromatic nitrogens is 2. The van der Waals surface area contributed by atoms with Crippen LogP contribution in [-0.4, -0.2) is 71.6 Å². The lowest BCUT2D eigenvalue weighted by molar-refractivity contribution is -0.150. The van der Waals surface area contributed by atoms with Crippen LogP contribution in [0.5, 0.6) is 0 Å². The van der Waals surface area contributed by atoms with Crippen molar-refractivity contribution in [2.75, 3.05) is 26.8 Å². The Morgan fingerprint density at radius 1 is 1.18 bits per heavy atom. The van der Waals surface area contributed by atoms with Crippen molar-refractivity contribution in [1.29, 1.82) is 0 Å². The van der Waals surface area contributed by atoms with Gasteiger partial charge in [0.1, 0.15) is 18.3 Å². The van der Waals surface area contributed by atoms with Gasteiger partial charge in [-0.2, -0.15) is 0 Å². The van der Waals surface area contributed by atoms with Gasteiger partial charge < -0.3 is 24.7 Å². The van der Waals surface area contributed by atoms with E-state index in [1.165, 1.54) is 12.0 Å². The van der Waals surface area contributed by atoms with Crippen LogP contribution in [0.4, 0.5) is 13.6 Å². The lowest BCUT2D eigenvalue weighted by Gasteiger charge is -2.22. The Labute approximate surface area is 222 Å². The van der Waals surface area contributed by atoms with Crippen molar-refractivity contribution in [3.63, 3.8) is 0 Å². The molecule has 1 saturated heterocycles. The summed E-state index contributed by atoms with van der Waals surface area (Å²) >= 11 is 0.